The van der Waals surface area contributed by atoms with E-state index in [4.69, 9.17) is 4.42 Å². The van der Waals surface area contributed by atoms with E-state index in [9.17, 15) is 0 Å². The van der Waals surface area contributed by atoms with Crippen molar-refractivity contribution >= 4 is 11.3 Å². The molecular formula is C12H16N2OS. The second-order valence-corrected chi connectivity index (χ2v) is 4.66. The zero-order chi connectivity index (χ0) is 11.4. The van der Waals surface area contributed by atoms with Crippen LogP contribution in [-0.4, -0.2) is 4.98 Å². The van der Waals surface area contributed by atoms with Gasteiger partial charge in [0.1, 0.15) is 5.76 Å². The molecule has 1 atom stereocenters. The lowest BCUT2D eigenvalue weighted by Gasteiger charge is -2.13. The molecule has 0 aromatic carbocycles. The van der Waals surface area contributed by atoms with Crippen LogP contribution in [0, 0.1) is 6.92 Å². The minimum Gasteiger partial charge on any atom is -0.468 e. The van der Waals surface area contributed by atoms with Gasteiger partial charge in [0.25, 0.3) is 0 Å². The van der Waals surface area contributed by atoms with E-state index in [1.54, 1.807) is 17.6 Å². The lowest BCUT2D eigenvalue weighted by molar-refractivity contribution is 0.404. The van der Waals surface area contributed by atoms with E-state index in [-0.39, 0.29) is 6.04 Å². The molecule has 2 aromatic rings. The van der Waals surface area contributed by atoms with Gasteiger partial charge in [-0.2, -0.15) is 0 Å². The van der Waals surface area contributed by atoms with Crippen LogP contribution in [-0.2, 0) is 6.54 Å². The fourth-order valence-electron chi connectivity index (χ4n) is 1.65. The quantitative estimate of drug-likeness (QED) is 0.865. The van der Waals surface area contributed by atoms with Crippen LogP contribution in [0.3, 0.4) is 0 Å². The highest BCUT2D eigenvalue weighted by molar-refractivity contribution is 7.09. The molecule has 0 aliphatic rings. The summed E-state index contributed by atoms with van der Waals surface area (Å²) >= 11 is 1.70. The van der Waals surface area contributed by atoms with Crippen molar-refractivity contribution in [2.24, 2.45) is 0 Å². The van der Waals surface area contributed by atoms with Crippen LogP contribution in [0.25, 0.3) is 0 Å². The van der Waals surface area contributed by atoms with E-state index >= 15 is 0 Å². The summed E-state index contributed by atoms with van der Waals surface area (Å²) in [4.78, 5) is 5.53. The lowest BCUT2D eigenvalue weighted by atomic mass is 10.1. The second-order valence-electron chi connectivity index (χ2n) is 3.72. The number of furan rings is 1. The summed E-state index contributed by atoms with van der Waals surface area (Å²) < 4.78 is 5.41. The fourth-order valence-corrected chi connectivity index (χ4v) is 2.38. The highest BCUT2D eigenvalue weighted by atomic mass is 32.1. The normalized spacial score (nSPS) is 12.9. The summed E-state index contributed by atoms with van der Waals surface area (Å²) in [6.45, 7) is 5.05. The molecule has 2 rings (SSSR count). The number of hydrogen-bond donors (Lipinski definition) is 1. The van der Waals surface area contributed by atoms with E-state index in [0.717, 1.165) is 24.4 Å². The summed E-state index contributed by atoms with van der Waals surface area (Å²) in [5, 5.41) is 3.49. The Bertz CT molecular complexity index is 422. The van der Waals surface area contributed by atoms with Gasteiger partial charge in [0.2, 0.25) is 0 Å². The Morgan fingerprint density at radius 1 is 1.56 bits per heavy atom. The van der Waals surface area contributed by atoms with Crippen molar-refractivity contribution in [2.45, 2.75) is 32.9 Å². The maximum Gasteiger partial charge on any atom is 0.120 e. The van der Waals surface area contributed by atoms with Gasteiger partial charge in [-0.15, -0.1) is 11.3 Å². The largest absolute Gasteiger partial charge is 0.468 e. The molecule has 2 heterocycles. The predicted molar refractivity (Wildman–Crippen MR) is 65.4 cm³/mol. The Balaban J connectivity index is 1.96. The first kappa shape index (κ1) is 11.4. The van der Waals surface area contributed by atoms with Gasteiger partial charge < -0.3 is 9.73 Å². The molecule has 0 aliphatic carbocycles. The molecule has 0 amide bonds. The Labute approximate surface area is 99.5 Å². The Kier molecular flexibility index (Phi) is 3.74. The maximum absolute atomic E-state index is 5.41. The summed E-state index contributed by atoms with van der Waals surface area (Å²) in [5.41, 5.74) is 3.01. The molecule has 1 unspecified atom stereocenters. The third-order valence-corrected chi connectivity index (χ3v) is 3.58. The van der Waals surface area contributed by atoms with Gasteiger partial charge in [-0.1, -0.05) is 6.92 Å². The van der Waals surface area contributed by atoms with Crippen LogP contribution in [0.15, 0.2) is 28.3 Å². The standard InChI is InChI=1S/C12H16N2OS/c1-3-10(11-5-4-6-15-11)13-7-12-9(2)14-8-16-12/h4-6,8,10,13H,3,7H2,1-2H3. The van der Waals surface area contributed by atoms with Gasteiger partial charge >= 0.3 is 0 Å². The van der Waals surface area contributed by atoms with Crippen molar-refractivity contribution in [3.05, 3.63) is 40.2 Å². The molecule has 16 heavy (non-hydrogen) atoms. The summed E-state index contributed by atoms with van der Waals surface area (Å²) in [5.74, 6) is 1.00. The topological polar surface area (TPSA) is 38.1 Å². The van der Waals surface area contributed by atoms with E-state index in [1.165, 1.54) is 4.88 Å². The van der Waals surface area contributed by atoms with Crippen molar-refractivity contribution in [2.75, 3.05) is 0 Å². The number of thiazole rings is 1. The second kappa shape index (κ2) is 5.27. The van der Waals surface area contributed by atoms with Crippen molar-refractivity contribution in [3.8, 4) is 0 Å². The van der Waals surface area contributed by atoms with Crippen LogP contribution >= 0.6 is 11.3 Å². The molecule has 0 spiro atoms. The average Bonchev–Trinajstić information content (AvgIpc) is 2.92. The zero-order valence-electron chi connectivity index (χ0n) is 9.56. The molecule has 0 fully saturated rings. The monoisotopic (exact) mass is 236 g/mol. The molecule has 0 aliphatic heterocycles. The van der Waals surface area contributed by atoms with Gasteiger partial charge in [-0.3, -0.25) is 0 Å². The number of nitrogens with zero attached hydrogens (tertiary/aromatic N) is 1. The summed E-state index contributed by atoms with van der Waals surface area (Å²) in [6.07, 6.45) is 2.74. The van der Waals surface area contributed by atoms with Crippen LogP contribution < -0.4 is 5.32 Å². The highest BCUT2D eigenvalue weighted by Crippen LogP contribution is 2.19. The van der Waals surface area contributed by atoms with Gasteiger partial charge in [0.05, 0.1) is 23.5 Å². The number of aromatic nitrogens is 1. The van der Waals surface area contributed by atoms with Gasteiger partial charge in [0, 0.05) is 11.4 Å². The third kappa shape index (κ3) is 2.51. The first-order chi connectivity index (χ1) is 7.81. The Hall–Kier alpha value is -1.13. The van der Waals surface area contributed by atoms with Crippen LogP contribution in [0.2, 0.25) is 0 Å². The predicted octanol–water partition coefficient (Wildman–Crippen LogP) is 3.29. The molecule has 86 valence electrons. The Morgan fingerprint density at radius 2 is 2.44 bits per heavy atom. The summed E-state index contributed by atoms with van der Waals surface area (Å²) in [6, 6.07) is 4.23. The first-order valence-corrected chi connectivity index (χ1v) is 6.35. The molecule has 0 saturated carbocycles. The highest BCUT2D eigenvalue weighted by Gasteiger charge is 2.12. The maximum atomic E-state index is 5.41. The van der Waals surface area contributed by atoms with Crippen LogP contribution in [0.4, 0.5) is 0 Å². The number of hydrogen-bond acceptors (Lipinski definition) is 4. The summed E-state index contributed by atoms with van der Waals surface area (Å²) in [7, 11) is 0. The molecule has 2 aromatic heterocycles. The van der Waals surface area contributed by atoms with Gasteiger partial charge in [-0.05, 0) is 25.5 Å². The van der Waals surface area contributed by atoms with E-state index in [0.29, 0.717) is 0 Å². The van der Waals surface area contributed by atoms with E-state index < -0.39 is 0 Å². The minimum atomic E-state index is 0.288. The smallest absolute Gasteiger partial charge is 0.120 e. The van der Waals surface area contributed by atoms with E-state index in [1.807, 2.05) is 24.6 Å². The molecule has 1 N–H and O–H groups in total. The van der Waals surface area contributed by atoms with Crippen molar-refractivity contribution < 1.29 is 4.42 Å². The Morgan fingerprint density at radius 3 is 3.00 bits per heavy atom. The molecule has 3 nitrogen and oxygen atoms in total. The van der Waals surface area contributed by atoms with Crippen LogP contribution in [0.1, 0.15) is 35.7 Å². The van der Waals surface area contributed by atoms with Gasteiger partial charge in [0.15, 0.2) is 0 Å². The molecular weight excluding hydrogens is 220 g/mol. The van der Waals surface area contributed by atoms with Crippen molar-refractivity contribution in [3.63, 3.8) is 0 Å². The fraction of sp³-hybridized carbons (Fsp3) is 0.417. The SMILES string of the molecule is CCC(NCc1scnc1C)c1ccco1. The first-order valence-electron chi connectivity index (χ1n) is 5.47. The average molecular weight is 236 g/mol. The molecule has 4 heteroatoms. The number of aryl methyl sites for hydroxylation is 1. The molecule has 0 saturated heterocycles. The zero-order valence-corrected chi connectivity index (χ0v) is 10.4. The van der Waals surface area contributed by atoms with Crippen LogP contribution in [0.5, 0.6) is 0 Å². The molecule has 0 radical (unpaired) electrons. The van der Waals surface area contributed by atoms with Crippen molar-refractivity contribution in [1.82, 2.24) is 10.3 Å². The molecule has 0 bridgehead atoms. The van der Waals surface area contributed by atoms with Gasteiger partial charge in [-0.25, -0.2) is 4.98 Å². The minimum absolute atomic E-state index is 0.288. The lowest BCUT2D eigenvalue weighted by Crippen LogP contribution is -2.19. The number of rotatable bonds is 5. The van der Waals surface area contributed by atoms with E-state index in [2.05, 4.69) is 17.2 Å². The number of nitrogens with one attached hydrogen (secondary N) is 1. The third-order valence-electron chi connectivity index (χ3n) is 2.65. The van der Waals surface area contributed by atoms with Crippen molar-refractivity contribution in [1.29, 1.82) is 0 Å².